The fourth-order valence-electron chi connectivity index (χ4n) is 9.10. The van der Waals surface area contributed by atoms with Crippen LogP contribution in [0.4, 0.5) is 0 Å². The summed E-state index contributed by atoms with van der Waals surface area (Å²) in [7, 11) is -4.72. The van der Waals surface area contributed by atoms with E-state index < -0.39 is 15.6 Å². The number of hydrogen-bond acceptors (Lipinski definition) is 3. The number of rotatable bonds is 36. The first kappa shape index (κ1) is 60.4. The molecule has 1 rings (SSSR count). The molecule has 0 fully saturated rings. The van der Waals surface area contributed by atoms with Gasteiger partial charge in [0, 0.05) is 7.32 Å². The Bertz CT molecular complexity index is 952. The van der Waals surface area contributed by atoms with Crippen molar-refractivity contribution < 1.29 is 23.4 Å². The molecule has 0 spiro atoms. The zero-order chi connectivity index (χ0) is 44.8. The molecule has 1 aromatic rings. The lowest BCUT2D eigenvalue weighted by atomic mass is 9.98. The lowest BCUT2D eigenvalue weighted by Crippen LogP contribution is -2.62. The molecule has 0 aromatic heterocycles. The maximum Gasteiger partial charge on any atom is 0.205 e. The summed E-state index contributed by atoms with van der Waals surface area (Å²) in [5.41, 5.74) is 3.97. The molecule has 0 saturated carbocycles. The van der Waals surface area contributed by atoms with Crippen molar-refractivity contribution in [2.75, 3.05) is 52.4 Å². The van der Waals surface area contributed by atoms with E-state index in [4.69, 9.17) is 4.34 Å². The van der Waals surface area contributed by atoms with Gasteiger partial charge in [-0.2, -0.15) is 0 Å². The van der Waals surface area contributed by atoms with Gasteiger partial charge in [-0.1, -0.05) is 172 Å². The molecule has 0 atom stereocenters. The zero-order valence-electron chi connectivity index (χ0n) is 42.7. The van der Waals surface area contributed by atoms with Crippen LogP contribution in [0, 0.1) is 13.8 Å². The van der Waals surface area contributed by atoms with Crippen LogP contribution in [0.25, 0.3) is 0 Å². The largest absolute Gasteiger partial charge is 0.872 e. The minimum atomic E-state index is -2.54. The molecular weight excluding hydrogens is 739 g/mol. The Morgan fingerprint density at radius 3 is 0.983 bits per heavy atom. The third-order valence-corrected chi connectivity index (χ3v) is 17.7. The fourth-order valence-corrected chi connectivity index (χ4v) is 13.7. The molecule has 59 heavy (non-hydrogen) atoms. The van der Waals surface area contributed by atoms with Gasteiger partial charge >= 0.3 is 0 Å². The second-order valence-corrected chi connectivity index (χ2v) is 22.3. The van der Waals surface area contributed by atoms with Crippen molar-refractivity contribution in [3.8, 4) is 0 Å². The van der Waals surface area contributed by atoms with Gasteiger partial charge in [-0.3, -0.25) is 0 Å². The van der Waals surface area contributed by atoms with Gasteiger partial charge in [0.1, 0.15) is 0 Å². The molecule has 0 bridgehead atoms. The van der Waals surface area contributed by atoms with Crippen LogP contribution in [0.2, 0.25) is 12.1 Å². The van der Waals surface area contributed by atoms with E-state index in [1.807, 2.05) is 0 Å². The topological polar surface area (TPSA) is 55.3 Å². The van der Waals surface area contributed by atoms with Gasteiger partial charge in [-0.25, -0.2) is 0 Å². The summed E-state index contributed by atoms with van der Waals surface area (Å²) in [6.45, 7) is 40.9. The Labute approximate surface area is 373 Å². The molecule has 0 aliphatic carbocycles. The smallest absolute Gasteiger partial charge is 0.205 e. The molecule has 0 unspecified atom stereocenters. The molecule has 0 heterocycles. The molecule has 5 nitrogen and oxygen atoms in total. The van der Waals surface area contributed by atoms with E-state index in [0.717, 1.165) is 57.0 Å². The van der Waals surface area contributed by atoms with Crippen molar-refractivity contribution in [3.63, 3.8) is 0 Å². The highest BCUT2D eigenvalue weighted by Gasteiger charge is 2.36. The van der Waals surface area contributed by atoms with Crippen LogP contribution in [-0.2, 0) is 10.8 Å². The van der Waals surface area contributed by atoms with Crippen LogP contribution in [-0.4, -0.2) is 77.0 Å². The number of aryl methyl sites for hydroxylation is 1. The molecule has 350 valence electrons. The normalized spacial score (nSPS) is 11.9. The van der Waals surface area contributed by atoms with Crippen molar-refractivity contribution in [1.82, 2.24) is 0 Å². The molecule has 0 aliphatic heterocycles. The van der Waals surface area contributed by atoms with E-state index in [0.29, 0.717) is 0 Å². The maximum absolute atomic E-state index is 11.5. The van der Waals surface area contributed by atoms with E-state index in [-0.39, 0.29) is 0 Å². The van der Waals surface area contributed by atoms with Crippen LogP contribution >= 0.6 is 0 Å². The standard InChI is InChI=1S/C20H35BO3Si.2C16H36N/c1-6-9-12-19-17(4)13-14-20(18(19)5)25(15-10-7-2,16-11-8-3)24-21(22)23;2*1-5-9-13-17(14-10-6-2,15-11-7-3)16-12-8-4/h13-14H,6-12,15-16H2,1-5H3;2*5-16H2,1-4H3/q-2;2*+1. The second-order valence-electron chi connectivity index (χ2n) is 18.5. The summed E-state index contributed by atoms with van der Waals surface area (Å²) in [5, 5.41) is 24.3. The quantitative estimate of drug-likeness (QED) is 0.0499. The first-order valence-corrected chi connectivity index (χ1v) is 28.5. The van der Waals surface area contributed by atoms with E-state index in [1.54, 1.807) is 0 Å². The van der Waals surface area contributed by atoms with Crippen LogP contribution in [0.1, 0.15) is 234 Å². The minimum absolute atomic E-state index is 0.877. The van der Waals surface area contributed by atoms with E-state index in [9.17, 15) is 10.0 Å². The summed E-state index contributed by atoms with van der Waals surface area (Å²) < 4.78 is 8.58. The van der Waals surface area contributed by atoms with Gasteiger partial charge in [0.25, 0.3) is 0 Å². The van der Waals surface area contributed by atoms with Crippen molar-refractivity contribution in [1.29, 1.82) is 0 Å². The number of quaternary nitrogens is 2. The molecule has 0 amide bonds. The van der Waals surface area contributed by atoms with Crippen molar-refractivity contribution in [2.24, 2.45) is 0 Å². The molecule has 0 radical (unpaired) electrons. The molecular formula is C52H107BN2O3Si. The zero-order valence-corrected chi connectivity index (χ0v) is 43.7. The Hall–Kier alpha value is -0.698. The third kappa shape index (κ3) is 26.5. The third-order valence-electron chi connectivity index (χ3n) is 13.2. The summed E-state index contributed by atoms with van der Waals surface area (Å²) in [6, 6.07) is 6.07. The summed E-state index contributed by atoms with van der Waals surface area (Å²) >= 11 is 0. The predicted molar refractivity (Wildman–Crippen MR) is 265 cm³/mol. The first-order chi connectivity index (χ1) is 28.4. The Kier molecular flexibility index (Phi) is 39.9. The van der Waals surface area contributed by atoms with Crippen LogP contribution in [0.3, 0.4) is 0 Å². The van der Waals surface area contributed by atoms with E-state index in [1.165, 1.54) is 186 Å². The second kappa shape index (κ2) is 38.9. The van der Waals surface area contributed by atoms with E-state index >= 15 is 0 Å². The average molecular weight is 847 g/mol. The van der Waals surface area contributed by atoms with Gasteiger partial charge in [0.2, 0.25) is 8.32 Å². The highest BCUT2D eigenvalue weighted by molar-refractivity contribution is 6.89. The Morgan fingerprint density at radius 1 is 0.441 bits per heavy atom. The first-order valence-electron chi connectivity index (χ1n) is 26.2. The molecule has 0 saturated heterocycles. The monoisotopic (exact) mass is 847 g/mol. The summed E-state index contributed by atoms with van der Waals surface area (Å²) in [4.78, 5) is 0. The van der Waals surface area contributed by atoms with Crippen LogP contribution in [0.5, 0.6) is 0 Å². The number of unbranched alkanes of at least 4 members (excludes halogenated alkanes) is 11. The van der Waals surface area contributed by atoms with Gasteiger partial charge < -0.3 is 23.4 Å². The highest BCUT2D eigenvalue weighted by atomic mass is 28.4. The lowest BCUT2D eigenvalue weighted by molar-refractivity contribution is -0.929. The van der Waals surface area contributed by atoms with Crippen molar-refractivity contribution in [3.05, 3.63) is 28.8 Å². The van der Waals surface area contributed by atoms with E-state index in [2.05, 4.69) is 102 Å². The van der Waals surface area contributed by atoms with Crippen LogP contribution in [0.15, 0.2) is 12.1 Å². The minimum Gasteiger partial charge on any atom is -0.872 e. The molecule has 0 N–H and O–H groups in total. The van der Waals surface area contributed by atoms with Gasteiger partial charge in [0.15, 0.2) is 0 Å². The van der Waals surface area contributed by atoms with Gasteiger partial charge in [-0.05, 0) is 112 Å². The molecule has 1 aromatic carbocycles. The SMILES string of the molecule is CCCC[N+](CCCC)(CCCC)CCCC.CCCC[N+](CCCC)(CCCC)CCCC.CCCCc1c(C)ccc([Si](CCCC)(CCCC)OB([O-])[O-])c1C. The number of hydrogen-bond donors (Lipinski definition) is 0. The number of benzene rings is 1. The summed E-state index contributed by atoms with van der Waals surface area (Å²) in [6.07, 6.45) is 29.7. The van der Waals surface area contributed by atoms with Crippen LogP contribution < -0.4 is 15.2 Å². The fraction of sp³-hybridized carbons (Fsp3) is 0.885. The lowest BCUT2D eigenvalue weighted by Gasteiger charge is -2.43. The predicted octanol–water partition coefficient (Wildman–Crippen LogP) is 13.1. The Balaban J connectivity index is 0. The van der Waals surface area contributed by atoms with Crippen molar-refractivity contribution in [2.45, 2.75) is 250 Å². The van der Waals surface area contributed by atoms with Gasteiger partial charge in [-0.15, -0.1) is 0 Å². The molecule has 0 aliphatic rings. The molecule has 7 heteroatoms. The summed E-state index contributed by atoms with van der Waals surface area (Å²) in [5.74, 6) is 0. The van der Waals surface area contributed by atoms with Gasteiger partial charge in [0.05, 0.1) is 52.4 Å². The highest BCUT2D eigenvalue weighted by Crippen LogP contribution is 2.27. The van der Waals surface area contributed by atoms with Crippen molar-refractivity contribution >= 4 is 20.8 Å². The number of nitrogens with zero attached hydrogens (tertiary/aromatic N) is 2. The Morgan fingerprint density at radius 2 is 0.729 bits per heavy atom. The average Bonchev–Trinajstić information content (AvgIpc) is 3.24. The maximum atomic E-state index is 11.5.